The van der Waals surface area contributed by atoms with Gasteiger partial charge in [-0.25, -0.2) is 14.8 Å². The third kappa shape index (κ3) is 4.28. The number of ether oxygens (including phenoxy) is 1. The van der Waals surface area contributed by atoms with Crippen LogP contribution in [0.2, 0.25) is 5.02 Å². The molecule has 0 bridgehead atoms. The molecule has 2 heterocycles. The lowest BCUT2D eigenvalue weighted by Crippen LogP contribution is -2.22. The minimum Gasteiger partial charge on any atom is -0.402 e. The molecular weight excluding hydrogens is 458 g/mol. The third-order valence-corrected chi connectivity index (χ3v) is 6.06. The van der Waals surface area contributed by atoms with Crippen LogP contribution in [0.1, 0.15) is 18.2 Å². The number of rotatable bonds is 4. The molecule has 0 fully saturated rings. The number of nitrogens with zero attached hydrogens (tertiary/aromatic N) is 3. The molecule has 6 nitrogen and oxygen atoms in total. The molecule has 1 aliphatic rings. The summed E-state index contributed by atoms with van der Waals surface area (Å²) in [6, 6.07) is 20.7. The van der Waals surface area contributed by atoms with Crippen molar-refractivity contribution in [2.24, 2.45) is 4.99 Å². The number of fused-ring (bicyclic) bond motifs is 1. The summed E-state index contributed by atoms with van der Waals surface area (Å²) in [4.78, 5) is 35.1. The Kier molecular flexibility index (Phi) is 5.50. The summed E-state index contributed by atoms with van der Waals surface area (Å²) in [7, 11) is 0. The fourth-order valence-electron chi connectivity index (χ4n) is 3.48. The van der Waals surface area contributed by atoms with E-state index in [2.05, 4.69) is 9.98 Å². The van der Waals surface area contributed by atoms with Crippen molar-refractivity contribution in [1.82, 2.24) is 4.98 Å². The summed E-state index contributed by atoms with van der Waals surface area (Å²) < 4.78 is 5.40. The second-order valence-electron chi connectivity index (χ2n) is 7.29. The van der Waals surface area contributed by atoms with E-state index in [4.69, 9.17) is 16.3 Å². The molecule has 0 radical (unpaired) electrons. The zero-order chi connectivity index (χ0) is 22.9. The van der Waals surface area contributed by atoms with Gasteiger partial charge in [-0.1, -0.05) is 48.0 Å². The molecule has 0 spiro atoms. The number of aromatic nitrogens is 1. The van der Waals surface area contributed by atoms with E-state index in [-0.39, 0.29) is 17.5 Å². The zero-order valence-electron chi connectivity index (χ0n) is 17.4. The number of benzene rings is 3. The van der Waals surface area contributed by atoms with Crippen molar-refractivity contribution in [2.45, 2.75) is 6.92 Å². The molecule has 0 atom stereocenters. The fraction of sp³-hybridized carbons (Fsp3) is 0.0400. The van der Waals surface area contributed by atoms with Crippen molar-refractivity contribution in [3.8, 4) is 0 Å². The van der Waals surface area contributed by atoms with Crippen LogP contribution in [0.15, 0.2) is 82.8 Å². The van der Waals surface area contributed by atoms with Crippen LogP contribution in [-0.2, 0) is 14.3 Å². The lowest BCUT2D eigenvalue weighted by molar-refractivity contribution is -0.130. The molecule has 0 saturated heterocycles. The highest BCUT2D eigenvalue weighted by atomic mass is 35.5. The second kappa shape index (κ2) is 8.61. The van der Waals surface area contributed by atoms with Crippen molar-refractivity contribution < 1.29 is 14.3 Å². The quantitative estimate of drug-likeness (QED) is 0.270. The van der Waals surface area contributed by atoms with E-state index < -0.39 is 5.97 Å². The maximum absolute atomic E-state index is 12.4. The van der Waals surface area contributed by atoms with Gasteiger partial charge in [0.05, 0.1) is 11.4 Å². The van der Waals surface area contributed by atoms with Gasteiger partial charge >= 0.3 is 5.97 Å². The van der Waals surface area contributed by atoms with E-state index in [1.807, 2.05) is 42.5 Å². The maximum atomic E-state index is 12.4. The van der Waals surface area contributed by atoms with Gasteiger partial charge in [0.15, 0.2) is 10.8 Å². The number of thiazole rings is 1. The molecule has 3 aromatic carbocycles. The van der Waals surface area contributed by atoms with Gasteiger partial charge in [-0.3, -0.25) is 9.69 Å². The lowest BCUT2D eigenvalue weighted by atomic mass is 10.1. The molecule has 4 aromatic rings. The van der Waals surface area contributed by atoms with Crippen LogP contribution in [0.5, 0.6) is 0 Å². The topological polar surface area (TPSA) is 71.9 Å². The van der Waals surface area contributed by atoms with Crippen LogP contribution >= 0.6 is 22.9 Å². The highest BCUT2D eigenvalue weighted by Crippen LogP contribution is 2.31. The summed E-state index contributed by atoms with van der Waals surface area (Å²) in [5.74, 6) is -0.509. The molecule has 1 aliphatic heterocycles. The minimum atomic E-state index is -0.550. The molecule has 1 aromatic heterocycles. The molecule has 8 heteroatoms. The number of hydrogen-bond acceptors (Lipinski definition) is 6. The number of aliphatic imine (C=N–C) groups is 1. The van der Waals surface area contributed by atoms with E-state index >= 15 is 0 Å². The Hall–Kier alpha value is -3.81. The van der Waals surface area contributed by atoms with E-state index in [0.29, 0.717) is 27.1 Å². The van der Waals surface area contributed by atoms with E-state index in [1.54, 1.807) is 35.7 Å². The van der Waals surface area contributed by atoms with Crippen molar-refractivity contribution in [1.29, 1.82) is 0 Å². The molecule has 0 saturated carbocycles. The maximum Gasteiger partial charge on any atom is 0.363 e. The van der Waals surface area contributed by atoms with E-state index in [9.17, 15) is 9.59 Å². The van der Waals surface area contributed by atoms with Crippen molar-refractivity contribution in [3.05, 3.63) is 94.1 Å². The van der Waals surface area contributed by atoms with Gasteiger partial charge in [-0.2, -0.15) is 0 Å². The molecule has 162 valence electrons. The first-order valence-corrected chi connectivity index (χ1v) is 11.3. The summed E-state index contributed by atoms with van der Waals surface area (Å²) in [6.07, 6.45) is 1.55. The SMILES string of the molecule is CC(=O)N(c1cccc(Cl)c1)c1nc(/C=C2/N=C(c3ccc4ccccc4c3)OC2=O)cs1. The number of anilines is 2. The highest BCUT2D eigenvalue weighted by molar-refractivity contribution is 7.14. The highest BCUT2D eigenvalue weighted by Gasteiger charge is 2.25. The predicted molar refractivity (Wildman–Crippen MR) is 131 cm³/mol. The number of esters is 1. The Balaban J connectivity index is 1.45. The van der Waals surface area contributed by atoms with Crippen LogP contribution in [0.4, 0.5) is 10.8 Å². The van der Waals surface area contributed by atoms with Gasteiger partial charge in [-0.05, 0) is 47.2 Å². The molecule has 0 unspecified atom stereocenters. The third-order valence-electron chi connectivity index (χ3n) is 4.98. The van der Waals surface area contributed by atoms with Crippen molar-refractivity contribution in [2.75, 3.05) is 4.90 Å². The summed E-state index contributed by atoms with van der Waals surface area (Å²) in [5.41, 5.74) is 1.97. The molecule has 1 amide bonds. The smallest absolute Gasteiger partial charge is 0.363 e. The standard InChI is InChI=1S/C25H16ClN3O3S/c1-15(30)29(21-8-4-7-19(26)12-21)25-27-20(14-33-25)13-22-24(31)32-23(28-22)18-10-9-16-5-2-3-6-17(16)11-18/h2-14H,1H3/b22-13+. The fourth-order valence-corrected chi connectivity index (χ4v) is 4.51. The molecule has 33 heavy (non-hydrogen) atoms. The van der Waals surface area contributed by atoms with E-state index in [0.717, 1.165) is 10.8 Å². The zero-order valence-corrected chi connectivity index (χ0v) is 18.9. The van der Waals surface area contributed by atoms with Gasteiger partial charge in [0.2, 0.25) is 11.8 Å². The molecule has 5 rings (SSSR count). The van der Waals surface area contributed by atoms with Crippen LogP contribution < -0.4 is 4.90 Å². The van der Waals surface area contributed by atoms with Gasteiger partial charge in [0, 0.05) is 22.9 Å². The summed E-state index contributed by atoms with van der Waals surface area (Å²) in [5, 5.41) is 4.84. The molecule has 0 aliphatic carbocycles. The molecular formula is C25H16ClN3O3S. The number of cyclic esters (lactones) is 1. The average molecular weight is 474 g/mol. The lowest BCUT2D eigenvalue weighted by Gasteiger charge is -2.18. The van der Waals surface area contributed by atoms with Crippen LogP contribution in [0.3, 0.4) is 0 Å². The average Bonchev–Trinajstić information content (AvgIpc) is 3.40. The normalized spacial score (nSPS) is 14.4. The first kappa shape index (κ1) is 21.1. The van der Waals surface area contributed by atoms with Crippen LogP contribution in [-0.4, -0.2) is 22.8 Å². The first-order valence-electron chi connectivity index (χ1n) is 10.0. The number of carbonyl (C=O) groups is 2. The Morgan fingerprint density at radius 3 is 2.67 bits per heavy atom. The first-order chi connectivity index (χ1) is 16.0. The Morgan fingerprint density at radius 1 is 1.06 bits per heavy atom. The predicted octanol–water partition coefficient (Wildman–Crippen LogP) is 5.98. The number of amides is 1. The molecule has 0 N–H and O–H groups in total. The van der Waals surface area contributed by atoms with Crippen LogP contribution in [0.25, 0.3) is 16.8 Å². The van der Waals surface area contributed by atoms with Gasteiger partial charge in [0.25, 0.3) is 0 Å². The minimum absolute atomic E-state index is 0.145. The van der Waals surface area contributed by atoms with E-state index in [1.165, 1.54) is 23.2 Å². The Bertz CT molecular complexity index is 1470. The van der Waals surface area contributed by atoms with Crippen molar-refractivity contribution in [3.63, 3.8) is 0 Å². The van der Waals surface area contributed by atoms with Gasteiger partial charge in [0.1, 0.15) is 0 Å². The largest absolute Gasteiger partial charge is 0.402 e. The Labute approximate surface area is 198 Å². The Morgan fingerprint density at radius 2 is 1.88 bits per heavy atom. The monoisotopic (exact) mass is 473 g/mol. The van der Waals surface area contributed by atoms with Gasteiger partial charge < -0.3 is 4.74 Å². The van der Waals surface area contributed by atoms with Gasteiger partial charge in [-0.15, -0.1) is 11.3 Å². The summed E-state index contributed by atoms with van der Waals surface area (Å²) in [6.45, 7) is 1.45. The number of carbonyl (C=O) groups excluding carboxylic acids is 2. The summed E-state index contributed by atoms with van der Waals surface area (Å²) >= 11 is 7.36. The number of hydrogen-bond donors (Lipinski definition) is 0. The number of halogens is 1. The van der Waals surface area contributed by atoms with Crippen molar-refractivity contribution >= 4 is 68.4 Å². The second-order valence-corrected chi connectivity index (χ2v) is 8.56. The van der Waals surface area contributed by atoms with Crippen LogP contribution in [0, 0.1) is 0 Å².